The van der Waals surface area contributed by atoms with Crippen LogP contribution >= 0.6 is 27.7 Å². The summed E-state index contributed by atoms with van der Waals surface area (Å²) in [7, 11) is 0. The third kappa shape index (κ3) is 3.24. The minimum atomic E-state index is -0.421. The summed E-state index contributed by atoms with van der Waals surface area (Å²) in [6.07, 6.45) is 1.46. The fraction of sp³-hybridized carbons (Fsp3) is 0. The van der Waals surface area contributed by atoms with Crippen LogP contribution < -0.4 is 0 Å². The Morgan fingerprint density at radius 3 is 2.53 bits per heavy atom. The smallest absolute Gasteiger partial charge is 0.258 e. The van der Waals surface area contributed by atoms with Crippen LogP contribution in [-0.4, -0.2) is 14.9 Å². The summed E-state index contributed by atoms with van der Waals surface area (Å²) in [5, 5.41) is 11.3. The van der Waals surface area contributed by atoms with Gasteiger partial charge in [-0.2, -0.15) is 0 Å². The van der Waals surface area contributed by atoms with Gasteiger partial charge in [-0.1, -0.05) is 11.8 Å². The van der Waals surface area contributed by atoms with E-state index in [-0.39, 0.29) is 5.69 Å². The van der Waals surface area contributed by atoms with Crippen LogP contribution in [0.2, 0.25) is 0 Å². The molecule has 0 saturated carbocycles. The highest BCUT2D eigenvalue weighted by molar-refractivity contribution is 9.10. The van der Waals surface area contributed by atoms with Gasteiger partial charge in [0.1, 0.15) is 16.0 Å². The second-order valence-corrected chi connectivity index (χ2v) is 4.94. The Morgan fingerprint density at radius 1 is 1.24 bits per heavy atom. The summed E-state index contributed by atoms with van der Waals surface area (Å²) in [6, 6.07) is 8.11. The molecule has 86 valence electrons. The number of nitro benzene ring substituents is 1. The normalized spacial score (nSPS) is 10.2. The van der Waals surface area contributed by atoms with Gasteiger partial charge in [0.15, 0.2) is 0 Å². The Morgan fingerprint density at radius 2 is 1.94 bits per heavy atom. The molecule has 0 amide bonds. The molecule has 0 atom stereocenters. The van der Waals surface area contributed by atoms with Gasteiger partial charge in [0.25, 0.3) is 5.69 Å². The number of nitrogens with zero attached hydrogens (tertiary/aromatic N) is 3. The molecule has 0 aliphatic rings. The van der Waals surface area contributed by atoms with Gasteiger partial charge in [-0.3, -0.25) is 10.1 Å². The molecule has 0 unspecified atom stereocenters. The minimum absolute atomic E-state index is 0.0817. The van der Waals surface area contributed by atoms with Crippen LogP contribution in [0.25, 0.3) is 0 Å². The van der Waals surface area contributed by atoms with E-state index in [1.54, 1.807) is 18.2 Å². The van der Waals surface area contributed by atoms with Gasteiger partial charge in [-0.25, -0.2) is 9.97 Å². The second kappa shape index (κ2) is 5.24. The number of aromatic nitrogens is 2. The fourth-order valence-electron chi connectivity index (χ4n) is 1.13. The molecular formula is C10H6BrN3O2S. The standard InChI is InChI=1S/C10H6BrN3O2S/c11-9-5-10(13-6-12-9)17-8-3-1-7(2-4-8)14(15)16/h1-6H. The van der Waals surface area contributed by atoms with Gasteiger partial charge in [-0.05, 0) is 28.1 Å². The molecule has 2 aromatic rings. The highest BCUT2D eigenvalue weighted by Gasteiger charge is 2.05. The van der Waals surface area contributed by atoms with Crippen LogP contribution in [-0.2, 0) is 0 Å². The van der Waals surface area contributed by atoms with E-state index in [4.69, 9.17) is 0 Å². The third-order valence-electron chi connectivity index (χ3n) is 1.88. The fourth-order valence-corrected chi connectivity index (χ4v) is 2.37. The Bertz CT molecular complexity index is 548. The molecule has 0 aliphatic carbocycles. The maximum Gasteiger partial charge on any atom is 0.269 e. The molecule has 5 nitrogen and oxygen atoms in total. The monoisotopic (exact) mass is 311 g/mol. The van der Waals surface area contributed by atoms with E-state index in [1.165, 1.54) is 30.2 Å². The number of non-ortho nitro benzene ring substituents is 1. The van der Waals surface area contributed by atoms with Crippen molar-refractivity contribution in [3.05, 3.63) is 51.4 Å². The maximum absolute atomic E-state index is 10.5. The van der Waals surface area contributed by atoms with Crippen molar-refractivity contribution in [1.29, 1.82) is 0 Å². The summed E-state index contributed by atoms with van der Waals surface area (Å²) < 4.78 is 0.705. The van der Waals surface area contributed by atoms with Crippen molar-refractivity contribution >= 4 is 33.4 Å². The molecule has 2 rings (SSSR count). The quantitative estimate of drug-likeness (QED) is 0.494. The van der Waals surface area contributed by atoms with E-state index in [9.17, 15) is 10.1 Å². The van der Waals surface area contributed by atoms with Crippen molar-refractivity contribution in [3.8, 4) is 0 Å². The van der Waals surface area contributed by atoms with Gasteiger partial charge in [-0.15, -0.1) is 0 Å². The molecule has 17 heavy (non-hydrogen) atoms. The lowest BCUT2D eigenvalue weighted by Crippen LogP contribution is -1.87. The molecule has 1 aromatic carbocycles. The van der Waals surface area contributed by atoms with E-state index in [1.807, 2.05) is 0 Å². The molecule has 0 N–H and O–H groups in total. The van der Waals surface area contributed by atoms with E-state index >= 15 is 0 Å². The van der Waals surface area contributed by atoms with E-state index < -0.39 is 4.92 Å². The van der Waals surface area contributed by atoms with Crippen molar-refractivity contribution in [1.82, 2.24) is 9.97 Å². The topological polar surface area (TPSA) is 68.9 Å². The zero-order valence-corrected chi connectivity index (χ0v) is 10.8. The van der Waals surface area contributed by atoms with E-state index in [0.717, 1.165) is 9.92 Å². The number of hydrogen-bond donors (Lipinski definition) is 0. The molecule has 0 fully saturated rings. The lowest BCUT2D eigenvalue weighted by atomic mass is 10.3. The highest BCUT2D eigenvalue weighted by atomic mass is 79.9. The number of halogens is 1. The first kappa shape index (κ1) is 12.0. The largest absolute Gasteiger partial charge is 0.269 e. The Hall–Kier alpha value is -1.47. The zero-order valence-electron chi connectivity index (χ0n) is 8.41. The van der Waals surface area contributed by atoms with Crippen LogP contribution in [0.3, 0.4) is 0 Å². The average molecular weight is 312 g/mol. The van der Waals surface area contributed by atoms with Crippen molar-refractivity contribution in [2.24, 2.45) is 0 Å². The molecule has 7 heteroatoms. The van der Waals surface area contributed by atoms with Gasteiger partial charge in [0.05, 0.1) is 4.92 Å². The highest BCUT2D eigenvalue weighted by Crippen LogP contribution is 2.28. The number of rotatable bonds is 3. The van der Waals surface area contributed by atoms with Crippen LogP contribution in [0.15, 0.2) is 51.2 Å². The van der Waals surface area contributed by atoms with Crippen LogP contribution in [0.5, 0.6) is 0 Å². The first-order valence-corrected chi connectivity index (χ1v) is 6.16. The molecule has 0 aliphatic heterocycles. The molecular weight excluding hydrogens is 306 g/mol. The Labute approximate surface area is 110 Å². The van der Waals surface area contributed by atoms with Gasteiger partial charge >= 0.3 is 0 Å². The van der Waals surface area contributed by atoms with Gasteiger partial charge in [0.2, 0.25) is 0 Å². The van der Waals surface area contributed by atoms with Crippen molar-refractivity contribution in [3.63, 3.8) is 0 Å². The molecule has 0 saturated heterocycles. The Balaban J connectivity index is 2.16. The predicted molar refractivity (Wildman–Crippen MR) is 67.0 cm³/mol. The molecule has 1 aromatic heterocycles. The van der Waals surface area contributed by atoms with Crippen LogP contribution in [0.1, 0.15) is 0 Å². The van der Waals surface area contributed by atoms with Crippen LogP contribution in [0.4, 0.5) is 5.69 Å². The van der Waals surface area contributed by atoms with Crippen molar-refractivity contribution in [2.75, 3.05) is 0 Å². The summed E-state index contributed by atoms with van der Waals surface area (Å²) in [5.74, 6) is 0. The predicted octanol–water partition coefficient (Wildman–Crippen LogP) is 3.30. The zero-order chi connectivity index (χ0) is 12.3. The third-order valence-corrected chi connectivity index (χ3v) is 3.25. The van der Waals surface area contributed by atoms with Crippen molar-refractivity contribution < 1.29 is 4.92 Å². The lowest BCUT2D eigenvalue weighted by molar-refractivity contribution is -0.384. The summed E-state index contributed by atoms with van der Waals surface area (Å²) >= 11 is 4.67. The average Bonchev–Trinajstić information content (AvgIpc) is 2.29. The summed E-state index contributed by atoms with van der Waals surface area (Å²) in [6.45, 7) is 0. The first-order chi connectivity index (χ1) is 8.15. The molecule has 0 bridgehead atoms. The molecule has 0 radical (unpaired) electrons. The van der Waals surface area contributed by atoms with Gasteiger partial charge in [0, 0.05) is 23.1 Å². The summed E-state index contributed by atoms with van der Waals surface area (Å²) in [5.41, 5.74) is 0.0817. The lowest BCUT2D eigenvalue weighted by Gasteiger charge is -2.00. The summed E-state index contributed by atoms with van der Waals surface area (Å²) in [4.78, 5) is 19.0. The van der Waals surface area contributed by atoms with Crippen molar-refractivity contribution in [2.45, 2.75) is 9.92 Å². The maximum atomic E-state index is 10.5. The second-order valence-electron chi connectivity index (χ2n) is 3.03. The number of nitro groups is 1. The molecule has 1 heterocycles. The number of hydrogen-bond acceptors (Lipinski definition) is 5. The Kier molecular flexibility index (Phi) is 3.70. The van der Waals surface area contributed by atoms with E-state index in [2.05, 4.69) is 25.9 Å². The number of benzene rings is 1. The SMILES string of the molecule is O=[N+]([O-])c1ccc(Sc2cc(Br)ncn2)cc1. The minimum Gasteiger partial charge on any atom is -0.258 e. The van der Waals surface area contributed by atoms with Gasteiger partial charge < -0.3 is 0 Å². The molecule has 0 spiro atoms. The van der Waals surface area contributed by atoms with E-state index in [0.29, 0.717) is 4.60 Å². The van der Waals surface area contributed by atoms with Crippen LogP contribution in [0, 0.1) is 10.1 Å². The first-order valence-electron chi connectivity index (χ1n) is 4.55.